The molecular weight excluding hydrogens is 318 g/mol. The summed E-state index contributed by atoms with van der Waals surface area (Å²) in [6.45, 7) is 2.47. The fraction of sp³-hybridized carbons (Fsp3) is 0.444. The van der Waals surface area contributed by atoms with Crippen molar-refractivity contribution >= 4 is 11.8 Å². The van der Waals surface area contributed by atoms with Crippen LogP contribution in [0.25, 0.3) is 0 Å². The first-order chi connectivity index (χ1) is 12.2. The fourth-order valence-electron chi connectivity index (χ4n) is 3.02. The van der Waals surface area contributed by atoms with E-state index in [9.17, 15) is 9.59 Å². The molecule has 2 amide bonds. The molecule has 3 rings (SSSR count). The molecule has 1 atom stereocenters. The highest BCUT2D eigenvalue weighted by atomic mass is 16.2. The first-order valence-electron chi connectivity index (χ1n) is 8.64. The summed E-state index contributed by atoms with van der Waals surface area (Å²) in [5.41, 5.74) is 1.20. The van der Waals surface area contributed by atoms with Crippen molar-refractivity contribution in [2.75, 3.05) is 19.6 Å². The molecule has 0 radical (unpaired) electrons. The van der Waals surface area contributed by atoms with E-state index in [-0.39, 0.29) is 17.7 Å². The normalized spacial score (nSPS) is 17.0. The van der Waals surface area contributed by atoms with E-state index in [1.807, 2.05) is 18.2 Å². The maximum Gasteiger partial charge on any atom is 0.225 e. The van der Waals surface area contributed by atoms with E-state index in [0.29, 0.717) is 32.6 Å². The minimum atomic E-state index is -0.241. The van der Waals surface area contributed by atoms with Gasteiger partial charge in [0, 0.05) is 32.6 Å². The van der Waals surface area contributed by atoms with Crippen molar-refractivity contribution in [1.29, 1.82) is 0 Å². The molecule has 0 unspecified atom stereocenters. The molecule has 2 heterocycles. The SMILES string of the molecule is O=C(NCCCn1cncn1)[C@@H]1CC(=O)N(CCc2ccccc2)C1. The van der Waals surface area contributed by atoms with E-state index < -0.39 is 0 Å². The van der Waals surface area contributed by atoms with E-state index in [2.05, 4.69) is 27.5 Å². The fourth-order valence-corrected chi connectivity index (χ4v) is 3.02. The maximum absolute atomic E-state index is 12.2. The molecule has 132 valence electrons. The van der Waals surface area contributed by atoms with Gasteiger partial charge in [-0.1, -0.05) is 30.3 Å². The molecular formula is C18H23N5O2. The Morgan fingerprint density at radius 1 is 1.24 bits per heavy atom. The third kappa shape index (κ3) is 4.89. The quantitative estimate of drug-likeness (QED) is 0.723. The Kier molecular flexibility index (Phi) is 5.77. The Morgan fingerprint density at radius 2 is 2.08 bits per heavy atom. The van der Waals surface area contributed by atoms with Gasteiger partial charge in [0.1, 0.15) is 12.7 Å². The summed E-state index contributed by atoms with van der Waals surface area (Å²) < 4.78 is 1.73. The summed E-state index contributed by atoms with van der Waals surface area (Å²) in [5.74, 6) is -0.206. The average molecular weight is 341 g/mol. The van der Waals surface area contributed by atoms with Crippen molar-refractivity contribution < 1.29 is 9.59 Å². The molecule has 1 N–H and O–H groups in total. The van der Waals surface area contributed by atoms with E-state index in [4.69, 9.17) is 0 Å². The molecule has 0 saturated carbocycles. The summed E-state index contributed by atoms with van der Waals surface area (Å²) >= 11 is 0. The van der Waals surface area contributed by atoms with Gasteiger partial charge in [-0.15, -0.1) is 0 Å². The van der Waals surface area contributed by atoms with Crippen molar-refractivity contribution in [1.82, 2.24) is 25.0 Å². The Hall–Kier alpha value is -2.70. The van der Waals surface area contributed by atoms with Crippen molar-refractivity contribution in [3.05, 3.63) is 48.5 Å². The van der Waals surface area contributed by atoms with Crippen LogP contribution in [0, 0.1) is 5.92 Å². The van der Waals surface area contributed by atoms with Crippen molar-refractivity contribution in [2.24, 2.45) is 5.92 Å². The first-order valence-corrected chi connectivity index (χ1v) is 8.64. The zero-order chi connectivity index (χ0) is 17.5. The van der Waals surface area contributed by atoms with Gasteiger partial charge in [0.05, 0.1) is 5.92 Å². The van der Waals surface area contributed by atoms with E-state index in [1.54, 1.807) is 15.9 Å². The lowest BCUT2D eigenvalue weighted by Crippen LogP contribution is -2.34. The van der Waals surface area contributed by atoms with E-state index >= 15 is 0 Å². The number of carbonyl (C=O) groups excluding carboxylic acids is 2. The Balaban J connectivity index is 1.38. The number of carbonyl (C=O) groups is 2. The number of likely N-dealkylation sites (tertiary alicyclic amines) is 1. The number of nitrogens with one attached hydrogen (secondary N) is 1. The number of rotatable bonds is 8. The standard InChI is InChI=1S/C18H23N5O2/c24-17-11-16(12-22(17)10-7-15-5-2-1-3-6-15)18(25)20-8-4-9-23-14-19-13-21-23/h1-3,5-6,13-14,16H,4,7-12H2,(H,20,25)/t16-/m1/s1. The second-order valence-electron chi connectivity index (χ2n) is 6.28. The van der Waals surface area contributed by atoms with Crippen molar-refractivity contribution in [3.8, 4) is 0 Å². The number of aryl methyl sites for hydroxylation is 1. The maximum atomic E-state index is 12.2. The minimum absolute atomic E-state index is 0.0332. The summed E-state index contributed by atoms with van der Waals surface area (Å²) in [5, 5.41) is 6.94. The Morgan fingerprint density at radius 3 is 2.84 bits per heavy atom. The second-order valence-corrected chi connectivity index (χ2v) is 6.28. The number of hydrogen-bond donors (Lipinski definition) is 1. The Bertz CT molecular complexity index is 687. The van der Waals surface area contributed by atoms with Gasteiger partial charge in [-0.05, 0) is 18.4 Å². The molecule has 1 aliphatic rings. The highest BCUT2D eigenvalue weighted by molar-refractivity contribution is 5.89. The summed E-state index contributed by atoms with van der Waals surface area (Å²) in [6.07, 6.45) is 5.06. The molecule has 0 spiro atoms. The lowest BCUT2D eigenvalue weighted by Gasteiger charge is -2.16. The van der Waals surface area contributed by atoms with Crippen LogP contribution in [0.1, 0.15) is 18.4 Å². The number of benzene rings is 1. The van der Waals surface area contributed by atoms with Crippen molar-refractivity contribution in [3.63, 3.8) is 0 Å². The van der Waals surface area contributed by atoms with Gasteiger partial charge < -0.3 is 10.2 Å². The number of nitrogens with zero attached hydrogens (tertiary/aromatic N) is 4. The van der Waals surface area contributed by atoms with Crippen LogP contribution in [-0.2, 0) is 22.6 Å². The molecule has 25 heavy (non-hydrogen) atoms. The molecule has 0 aliphatic carbocycles. The van der Waals surface area contributed by atoms with Gasteiger partial charge in [0.25, 0.3) is 0 Å². The molecule has 1 aromatic heterocycles. The molecule has 1 aliphatic heterocycles. The van der Waals surface area contributed by atoms with E-state index in [1.165, 1.54) is 11.9 Å². The van der Waals surface area contributed by atoms with E-state index in [0.717, 1.165) is 12.8 Å². The van der Waals surface area contributed by atoms with Gasteiger partial charge >= 0.3 is 0 Å². The van der Waals surface area contributed by atoms with Crippen molar-refractivity contribution in [2.45, 2.75) is 25.8 Å². The van der Waals surface area contributed by atoms with Gasteiger partial charge in [-0.25, -0.2) is 4.98 Å². The third-order valence-electron chi connectivity index (χ3n) is 4.43. The molecule has 0 bridgehead atoms. The summed E-state index contributed by atoms with van der Waals surface area (Å²) in [4.78, 5) is 30.0. The molecule has 2 aromatic rings. The molecule has 7 heteroatoms. The predicted octanol–water partition coefficient (Wildman–Crippen LogP) is 0.876. The number of amides is 2. The first kappa shape index (κ1) is 17.1. The summed E-state index contributed by atoms with van der Waals surface area (Å²) in [6, 6.07) is 10.1. The topological polar surface area (TPSA) is 80.1 Å². The van der Waals surface area contributed by atoms with Gasteiger partial charge in [-0.2, -0.15) is 5.10 Å². The highest BCUT2D eigenvalue weighted by Crippen LogP contribution is 2.18. The molecule has 7 nitrogen and oxygen atoms in total. The molecule has 1 aromatic carbocycles. The van der Waals surface area contributed by atoms with Gasteiger partial charge in [0.15, 0.2) is 0 Å². The Labute approximate surface area is 147 Å². The van der Waals surface area contributed by atoms with Crippen LogP contribution in [0.15, 0.2) is 43.0 Å². The summed E-state index contributed by atoms with van der Waals surface area (Å²) in [7, 11) is 0. The van der Waals surface area contributed by atoms with Crippen LogP contribution in [0.4, 0.5) is 0 Å². The number of aromatic nitrogens is 3. The predicted molar refractivity (Wildman–Crippen MR) is 92.5 cm³/mol. The zero-order valence-electron chi connectivity index (χ0n) is 14.2. The monoisotopic (exact) mass is 341 g/mol. The molecule has 1 fully saturated rings. The second kappa shape index (κ2) is 8.41. The smallest absolute Gasteiger partial charge is 0.225 e. The van der Waals surface area contributed by atoms with Gasteiger partial charge in [-0.3, -0.25) is 14.3 Å². The largest absolute Gasteiger partial charge is 0.356 e. The van der Waals surface area contributed by atoms with Gasteiger partial charge in [0.2, 0.25) is 11.8 Å². The zero-order valence-corrected chi connectivity index (χ0v) is 14.2. The van der Waals surface area contributed by atoms with Crippen LogP contribution in [0.2, 0.25) is 0 Å². The van der Waals surface area contributed by atoms with Crippen LogP contribution in [0.5, 0.6) is 0 Å². The molecule has 1 saturated heterocycles. The van der Waals surface area contributed by atoms with Crippen LogP contribution in [-0.4, -0.2) is 51.1 Å². The third-order valence-corrected chi connectivity index (χ3v) is 4.43. The van der Waals surface area contributed by atoms with Crippen LogP contribution >= 0.6 is 0 Å². The average Bonchev–Trinajstić information content (AvgIpc) is 3.27. The highest BCUT2D eigenvalue weighted by Gasteiger charge is 2.33. The number of hydrogen-bond acceptors (Lipinski definition) is 4. The lowest BCUT2D eigenvalue weighted by atomic mass is 10.1. The minimum Gasteiger partial charge on any atom is -0.356 e. The lowest BCUT2D eigenvalue weighted by molar-refractivity contribution is -0.129. The van der Waals surface area contributed by atoms with Crippen LogP contribution < -0.4 is 5.32 Å². The van der Waals surface area contributed by atoms with Crippen LogP contribution in [0.3, 0.4) is 0 Å².